The number of methoxy groups -OCH3 is 3. The van der Waals surface area contributed by atoms with Crippen LogP contribution in [0.2, 0.25) is 0 Å². The highest BCUT2D eigenvalue weighted by Crippen LogP contribution is 2.81. The summed E-state index contributed by atoms with van der Waals surface area (Å²) in [6, 6.07) is -0.724. The van der Waals surface area contributed by atoms with E-state index < -0.39 is 69.9 Å². The Morgan fingerprint density at radius 2 is 1.70 bits per heavy atom. The number of hydrogen-bond donors (Lipinski definition) is 5. The summed E-state index contributed by atoms with van der Waals surface area (Å²) in [5.41, 5.74) is -6.91. The quantitative estimate of drug-likeness (QED) is 0.334. The normalized spacial score (nSPS) is 63.2. The molecular weight excluding hydrogens is 430 g/mol. The minimum atomic E-state index is -1.79. The number of aliphatic hydroxyl groups is 5. The lowest BCUT2D eigenvalue weighted by Gasteiger charge is -2.71. The van der Waals surface area contributed by atoms with E-state index in [0.29, 0.717) is 32.4 Å². The zero-order valence-corrected chi connectivity index (χ0v) is 20.0. The number of aliphatic hydroxyl groups excluding tert-OH is 2. The maximum atomic E-state index is 12.9. The summed E-state index contributed by atoms with van der Waals surface area (Å²) in [5, 5.41) is 60.9. The number of piperidine rings is 1. The Morgan fingerprint density at radius 3 is 2.27 bits per heavy atom. The van der Waals surface area contributed by atoms with Gasteiger partial charge >= 0.3 is 0 Å². The van der Waals surface area contributed by atoms with E-state index >= 15 is 0 Å². The molecule has 9 nitrogen and oxygen atoms in total. The predicted octanol–water partition coefficient (Wildman–Crippen LogP) is -1.27. The molecule has 13 atom stereocenters. The van der Waals surface area contributed by atoms with Crippen molar-refractivity contribution in [1.82, 2.24) is 4.90 Å². The van der Waals surface area contributed by atoms with Crippen molar-refractivity contribution in [3.63, 3.8) is 0 Å². The van der Waals surface area contributed by atoms with E-state index in [4.69, 9.17) is 14.2 Å². The molecule has 0 aromatic heterocycles. The third kappa shape index (κ3) is 2.01. The Hall–Kier alpha value is -0.360. The lowest BCUT2D eigenvalue weighted by molar-refractivity contribution is -0.356. The molecule has 5 saturated carbocycles. The minimum Gasteiger partial charge on any atom is -0.396 e. The standard InChI is InChI=1S/C24H39NO8/c1-5-25-10-20(11-26)7-6-14(27)23-17(20)18(33-4)24(30,19(23)25)22(29)9-13(31-2)12-8-21(23,28)16(22)15(12)32-3/h12-19,26-30H,5-11H2,1-4H3. The van der Waals surface area contributed by atoms with Gasteiger partial charge in [-0.15, -0.1) is 0 Å². The maximum Gasteiger partial charge on any atom is 0.136 e. The Morgan fingerprint density at radius 1 is 0.970 bits per heavy atom. The summed E-state index contributed by atoms with van der Waals surface area (Å²) in [4.78, 5) is 2.08. The maximum absolute atomic E-state index is 12.9. The molecule has 0 aromatic rings. The van der Waals surface area contributed by atoms with Gasteiger partial charge in [0.1, 0.15) is 11.2 Å². The molecule has 6 fully saturated rings. The summed E-state index contributed by atoms with van der Waals surface area (Å²) in [5.74, 6) is -1.50. The van der Waals surface area contributed by atoms with E-state index in [1.807, 2.05) is 6.92 Å². The van der Waals surface area contributed by atoms with Crippen LogP contribution in [0.4, 0.5) is 0 Å². The van der Waals surface area contributed by atoms with Gasteiger partial charge in [0.15, 0.2) is 0 Å². The van der Waals surface area contributed by atoms with Crippen LogP contribution < -0.4 is 0 Å². The first kappa shape index (κ1) is 23.1. The summed E-state index contributed by atoms with van der Waals surface area (Å²) < 4.78 is 17.8. The molecule has 6 rings (SSSR count). The van der Waals surface area contributed by atoms with Gasteiger partial charge in [0.05, 0.1) is 48.1 Å². The molecule has 5 N–H and O–H groups in total. The van der Waals surface area contributed by atoms with E-state index in [0.717, 1.165) is 0 Å². The molecule has 5 aliphatic carbocycles. The van der Waals surface area contributed by atoms with Crippen molar-refractivity contribution in [2.75, 3.05) is 41.0 Å². The zero-order valence-electron chi connectivity index (χ0n) is 20.0. The van der Waals surface area contributed by atoms with Crippen LogP contribution in [0.25, 0.3) is 0 Å². The number of nitrogens with zero attached hydrogens (tertiary/aromatic N) is 1. The average molecular weight is 470 g/mol. The Labute approximate surface area is 194 Å². The fraction of sp³-hybridized carbons (Fsp3) is 1.00. The molecule has 7 bridgehead atoms. The number of rotatable bonds is 5. The number of likely N-dealkylation sites (tertiary alicyclic amines) is 1. The van der Waals surface area contributed by atoms with Crippen molar-refractivity contribution in [3.8, 4) is 0 Å². The second-order valence-corrected chi connectivity index (χ2v) is 11.8. The molecule has 1 aliphatic heterocycles. The van der Waals surface area contributed by atoms with Gasteiger partial charge in [-0.05, 0) is 25.8 Å². The largest absolute Gasteiger partial charge is 0.396 e. The first-order valence-electron chi connectivity index (χ1n) is 12.4. The zero-order chi connectivity index (χ0) is 23.8. The van der Waals surface area contributed by atoms with E-state index in [1.54, 1.807) is 14.2 Å². The van der Waals surface area contributed by atoms with Gasteiger partial charge in [-0.2, -0.15) is 0 Å². The van der Waals surface area contributed by atoms with Crippen LogP contribution in [0, 0.1) is 28.6 Å². The monoisotopic (exact) mass is 469 g/mol. The van der Waals surface area contributed by atoms with Gasteiger partial charge in [-0.3, -0.25) is 4.90 Å². The molecule has 0 radical (unpaired) electrons. The van der Waals surface area contributed by atoms with Crippen LogP contribution >= 0.6 is 0 Å². The molecule has 188 valence electrons. The average Bonchev–Trinajstić information content (AvgIpc) is 3.18. The topological polar surface area (TPSA) is 132 Å². The molecule has 33 heavy (non-hydrogen) atoms. The SMILES string of the molecule is CCN1CC2(CO)CCC(O)C34C2C(OC)C(O)(C13)C1(O)CC(OC)C2CC4(O)C1C2OC. The molecule has 0 amide bonds. The highest BCUT2D eigenvalue weighted by atomic mass is 16.5. The van der Waals surface area contributed by atoms with Crippen LogP contribution in [0.3, 0.4) is 0 Å². The molecule has 1 heterocycles. The van der Waals surface area contributed by atoms with Gasteiger partial charge in [0, 0.05) is 57.5 Å². The van der Waals surface area contributed by atoms with Crippen molar-refractivity contribution in [2.45, 2.75) is 79.9 Å². The fourth-order valence-corrected chi connectivity index (χ4v) is 10.7. The van der Waals surface area contributed by atoms with Gasteiger partial charge in [-0.25, -0.2) is 0 Å². The van der Waals surface area contributed by atoms with Gasteiger partial charge < -0.3 is 39.7 Å². The van der Waals surface area contributed by atoms with Crippen LogP contribution in [-0.2, 0) is 14.2 Å². The molecular formula is C24H39NO8. The molecule has 1 spiro atoms. The van der Waals surface area contributed by atoms with Gasteiger partial charge in [0.2, 0.25) is 0 Å². The highest BCUT2D eigenvalue weighted by Gasteiger charge is 2.95. The predicted molar refractivity (Wildman–Crippen MR) is 115 cm³/mol. The van der Waals surface area contributed by atoms with Crippen molar-refractivity contribution in [3.05, 3.63) is 0 Å². The van der Waals surface area contributed by atoms with E-state index in [2.05, 4.69) is 4.90 Å². The highest BCUT2D eigenvalue weighted by molar-refractivity contribution is 5.45. The Bertz CT molecular complexity index is 845. The summed E-state index contributed by atoms with van der Waals surface area (Å²) >= 11 is 0. The van der Waals surface area contributed by atoms with Crippen LogP contribution in [0.5, 0.6) is 0 Å². The lowest BCUT2D eigenvalue weighted by Crippen LogP contribution is -2.86. The fourth-order valence-electron chi connectivity index (χ4n) is 10.7. The molecule has 13 unspecified atom stereocenters. The van der Waals surface area contributed by atoms with Crippen molar-refractivity contribution < 1.29 is 39.7 Å². The smallest absolute Gasteiger partial charge is 0.136 e. The van der Waals surface area contributed by atoms with Gasteiger partial charge in [-0.1, -0.05) is 6.92 Å². The Balaban J connectivity index is 1.72. The van der Waals surface area contributed by atoms with Crippen molar-refractivity contribution in [2.24, 2.45) is 28.6 Å². The molecule has 1 saturated heterocycles. The van der Waals surface area contributed by atoms with Crippen LogP contribution in [0.1, 0.15) is 32.6 Å². The second kappa shape index (κ2) is 6.69. The number of hydrogen-bond acceptors (Lipinski definition) is 9. The summed E-state index contributed by atoms with van der Waals surface area (Å²) in [6.45, 7) is 2.92. The summed E-state index contributed by atoms with van der Waals surface area (Å²) in [6.07, 6.45) is -1.31. The third-order valence-electron chi connectivity index (χ3n) is 11.4. The first-order valence-corrected chi connectivity index (χ1v) is 12.4. The minimum absolute atomic E-state index is 0.137. The van der Waals surface area contributed by atoms with Crippen molar-refractivity contribution >= 4 is 0 Å². The number of likely N-dealkylation sites (N-methyl/N-ethyl adjacent to an activating group) is 1. The van der Waals surface area contributed by atoms with E-state index in [-0.39, 0.29) is 18.9 Å². The molecule has 6 aliphatic rings. The lowest BCUT2D eigenvalue weighted by atomic mass is 9.41. The van der Waals surface area contributed by atoms with E-state index in [9.17, 15) is 25.5 Å². The second-order valence-electron chi connectivity index (χ2n) is 11.8. The third-order valence-corrected chi connectivity index (χ3v) is 11.4. The van der Waals surface area contributed by atoms with Gasteiger partial charge in [0.25, 0.3) is 0 Å². The van der Waals surface area contributed by atoms with Crippen LogP contribution in [0.15, 0.2) is 0 Å². The van der Waals surface area contributed by atoms with Crippen LogP contribution in [-0.4, -0.2) is 119 Å². The summed E-state index contributed by atoms with van der Waals surface area (Å²) in [7, 11) is 4.68. The Kier molecular flexibility index (Phi) is 4.67. The van der Waals surface area contributed by atoms with E-state index in [1.165, 1.54) is 7.11 Å². The molecule has 9 heteroatoms. The number of fused-ring (bicyclic) bond motifs is 2. The number of ether oxygens (including phenoxy) is 3. The molecule has 0 aromatic carbocycles. The van der Waals surface area contributed by atoms with Crippen molar-refractivity contribution in [1.29, 1.82) is 0 Å². The first-order chi connectivity index (χ1) is 15.6.